The fourth-order valence-electron chi connectivity index (χ4n) is 3.76. The SMILES string of the molecule is Oc1cccc2ccc(/C=C/c3ccc(N(c4ccccc4)c4ccccc4)cc3)nc12. The van der Waals surface area contributed by atoms with Gasteiger partial charge in [-0.1, -0.05) is 72.8 Å². The number of fused-ring (bicyclic) bond motifs is 1. The van der Waals surface area contributed by atoms with Gasteiger partial charge >= 0.3 is 0 Å². The lowest BCUT2D eigenvalue weighted by Gasteiger charge is -2.25. The third kappa shape index (κ3) is 4.09. The summed E-state index contributed by atoms with van der Waals surface area (Å²) >= 11 is 0. The molecule has 0 radical (unpaired) electrons. The zero-order valence-corrected chi connectivity index (χ0v) is 17.5. The molecular formula is C29H22N2O. The zero-order valence-electron chi connectivity index (χ0n) is 17.5. The summed E-state index contributed by atoms with van der Waals surface area (Å²) < 4.78 is 0. The number of anilines is 3. The van der Waals surface area contributed by atoms with Crippen LogP contribution in [-0.4, -0.2) is 10.1 Å². The Morgan fingerprint density at radius 1 is 0.562 bits per heavy atom. The molecule has 32 heavy (non-hydrogen) atoms. The first kappa shape index (κ1) is 19.6. The van der Waals surface area contributed by atoms with Crippen molar-refractivity contribution >= 4 is 40.1 Å². The topological polar surface area (TPSA) is 36.4 Å². The maximum absolute atomic E-state index is 10.1. The maximum atomic E-state index is 10.1. The Hall–Kier alpha value is -4.37. The number of para-hydroxylation sites is 3. The van der Waals surface area contributed by atoms with Gasteiger partial charge < -0.3 is 10.0 Å². The number of hydrogen-bond donors (Lipinski definition) is 1. The summed E-state index contributed by atoms with van der Waals surface area (Å²) in [6.07, 6.45) is 4.00. The van der Waals surface area contributed by atoms with Crippen molar-refractivity contribution in [2.45, 2.75) is 0 Å². The quantitative estimate of drug-likeness (QED) is 0.322. The largest absolute Gasteiger partial charge is 0.506 e. The molecule has 0 aliphatic heterocycles. The molecule has 0 amide bonds. The summed E-state index contributed by atoms with van der Waals surface area (Å²) in [5.41, 5.74) is 5.82. The van der Waals surface area contributed by atoms with Crippen LogP contribution in [0.15, 0.2) is 115 Å². The van der Waals surface area contributed by atoms with Crippen LogP contribution in [-0.2, 0) is 0 Å². The number of aromatic nitrogens is 1. The molecule has 3 nitrogen and oxygen atoms in total. The molecule has 5 rings (SSSR count). The van der Waals surface area contributed by atoms with Gasteiger partial charge in [0.15, 0.2) is 0 Å². The van der Waals surface area contributed by atoms with E-state index in [2.05, 4.69) is 82.7 Å². The third-order valence-electron chi connectivity index (χ3n) is 5.35. The molecule has 0 spiro atoms. The fourth-order valence-corrected chi connectivity index (χ4v) is 3.76. The number of nitrogens with zero attached hydrogens (tertiary/aromatic N) is 2. The highest BCUT2D eigenvalue weighted by Crippen LogP contribution is 2.34. The molecule has 4 aromatic carbocycles. The average molecular weight is 415 g/mol. The summed E-state index contributed by atoms with van der Waals surface area (Å²) in [4.78, 5) is 6.81. The maximum Gasteiger partial charge on any atom is 0.141 e. The van der Waals surface area contributed by atoms with Crippen molar-refractivity contribution in [1.82, 2.24) is 4.98 Å². The molecule has 3 heteroatoms. The standard InChI is InChI=1S/C29H22N2O/c32-28-13-7-8-23-17-19-24(30-29(23)28)18-14-22-15-20-27(21-16-22)31(25-9-3-1-4-10-25)26-11-5-2-6-12-26/h1-21,32H/b18-14+. The molecule has 0 fully saturated rings. The van der Waals surface area contributed by atoms with Gasteiger partial charge in [0.1, 0.15) is 11.3 Å². The van der Waals surface area contributed by atoms with E-state index in [0.717, 1.165) is 33.7 Å². The lowest BCUT2D eigenvalue weighted by molar-refractivity contribution is 0.480. The van der Waals surface area contributed by atoms with Crippen LogP contribution in [0.2, 0.25) is 0 Å². The molecule has 1 N–H and O–H groups in total. The van der Waals surface area contributed by atoms with Gasteiger partial charge in [-0.2, -0.15) is 0 Å². The second kappa shape index (κ2) is 8.78. The Balaban J connectivity index is 1.43. The fraction of sp³-hybridized carbons (Fsp3) is 0. The normalized spacial score (nSPS) is 11.1. The first-order chi connectivity index (χ1) is 15.8. The van der Waals surface area contributed by atoms with Crippen LogP contribution >= 0.6 is 0 Å². The van der Waals surface area contributed by atoms with Gasteiger partial charge in [-0.25, -0.2) is 4.98 Å². The Morgan fingerprint density at radius 3 is 1.84 bits per heavy atom. The Kier molecular flexibility index (Phi) is 5.38. The lowest BCUT2D eigenvalue weighted by atomic mass is 10.1. The number of rotatable bonds is 5. The van der Waals surface area contributed by atoms with Crippen molar-refractivity contribution in [3.8, 4) is 5.75 Å². The summed E-state index contributed by atoms with van der Waals surface area (Å²) in [5, 5.41) is 11.0. The van der Waals surface area contributed by atoms with Crippen LogP contribution in [0, 0.1) is 0 Å². The van der Waals surface area contributed by atoms with Crippen LogP contribution in [0.1, 0.15) is 11.3 Å². The monoisotopic (exact) mass is 414 g/mol. The number of phenols is 1. The summed E-state index contributed by atoms with van der Waals surface area (Å²) in [7, 11) is 0. The highest BCUT2D eigenvalue weighted by atomic mass is 16.3. The highest BCUT2D eigenvalue weighted by molar-refractivity contribution is 5.86. The van der Waals surface area contributed by atoms with Gasteiger partial charge in [-0.15, -0.1) is 0 Å². The Morgan fingerprint density at radius 2 is 1.19 bits per heavy atom. The summed E-state index contributed by atoms with van der Waals surface area (Å²) in [6, 6.07) is 38.5. The third-order valence-corrected chi connectivity index (χ3v) is 5.35. The Bertz CT molecular complexity index is 1320. The van der Waals surface area contributed by atoms with E-state index in [4.69, 9.17) is 0 Å². The molecule has 1 aromatic heterocycles. The summed E-state index contributed by atoms with van der Waals surface area (Å²) in [5.74, 6) is 0.198. The van der Waals surface area contributed by atoms with E-state index < -0.39 is 0 Å². The molecular weight excluding hydrogens is 392 g/mol. The van der Waals surface area contributed by atoms with Crippen LogP contribution in [0.3, 0.4) is 0 Å². The zero-order chi connectivity index (χ0) is 21.8. The lowest BCUT2D eigenvalue weighted by Crippen LogP contribution is -2.09. The second-order valence-electron chi connectivity index (χ2n) is 7.52. The first-order valence-electron chi connectivity index (χ1n) is 10.5. The van der Waals surface area contributed by atoms with E-state index in [-0.39, 0.29) is 5.75 Å². The van der Waals surface area contributed by atoms with Gasteiger partial charge in [0, 0.05) is 22.4 Å². The van der Waals surface area contributed by atoms with Crippen LogP contribution < -0.4 is 4.90 Å². The number of aromatic hydroxyl groups is 1. The van der Waals surface area contributed by atoms with Crippen LogP contribution in [0.5, 0.6) is 5.75 Å². The van der Waals surface area contributed by atoms with Crippen molar-refractivity contribution in [3.63, 3.8) is 0 Å². The van der Waals surface area contributed by atoms with Gasteiger partial charge in [0.2, 0.25) is 0 Å². The van der Waals surface area contributed by atoms with Crippen molar-refractivity contribution in [3.05, 3.63) is 127 Å². The van der Waals surface area contributed by atoms with E-state index in [1.54, 1.807) is 6.07 Å². The van der Waals surface area contributed by atoms with E-state index in [1.165, 1.54) is 0 Å². The molecule has 0 saturated carbocycles. The molecule has 0 saturated heterocycles. The van der Waals surface area contributed by atoms with E-state index >= 15 is 0 Å². The summed E-state index contributed by atoms with van der Waals surface area (Å²) in [6.45, 7) is 0. The average Bonchev–Trinajstić information content (AvgIpc) is 2.85. The van der Waals surface area contributed by atoms with Gasteiger partial charge in [-0.05, 0) is 60.2 Å². The van der Waals surface area contributed by atoms with Gasteiger partial charge in [0.25, 0.3) is 0 Å². The van der Waals surface area contributed by atoms with Crippen LogP contribution in [0.4, 0.5) is 17.1 Å². The second-order valence-corrected chi connectivity index (χ2v) is 7.52. The number of pyridine rings is 1. The van der Waals surface area contributed by atoms with Crippen molar-refractivity contribution < 1.29 is 5.11 Å². The highest BCUT2D eigenvalue weighted by Gasteiger charge is 2.11. The molecule has 0 unspecified atom stereocenters. The molecule has 0 aliphatic rings. The van der Waals surface area contributed by atoms with Gasteiger partial charge in [-0.3, -0.25) is 0 Å². The minimum Gasteiger partial charge on any atom is -0.506 e. The minimum absolute atomic E-state index is 0.198. The number of phenolic OH excluding ortho intramolecular Hbond substituents is 1. The van der Waals surface area contributed by atoms with Crippen molar-refractivity contribution in [2.24, 2.45) is 0 Å². The molecule has 0 aliphatic carbocycles. The molecule has 5 aromatic rings. The van der Waals surface area contributed by atoms with E-state index in [0.29, 0.717) is 5.52 Å². The van der Waals surface area contributed by atoms with Gasteiger partial charge in [0.05, 0.1) is 5.69 Å². The molecule has 1 heterocycles. The first-order valence-corrected chi connectivity index (χ1v) is 10.5. The number of hydrogen-bond acceptors (Lipinski definition) is 3. The molecule has 0 atom stereocenters. The van der Waals surface area contributed by atoms with Crippen LogP contribution in [0.25, 0.3) is 23.1 Å². The Labute approximate surface area is 187 Å². The van der Waals surface area contributed by atoms with Crippen molar-refractivity contribution in [2.75, 3.05) is 4.90 Å². The predicted octanol–water partition coefficient (Wildman–Crippen LogP) is 7.58. The van der Waals surface area contributed by atoms with Crippen molar-refractivity contribution in [1.29, 1.82) is 0 Å². The molecule has 154 valence electrons. The predicted molar refractivity (Wildman–Crippen MR) is 133 cm³/mol. The van der Waals surface area contributed by atoms with E-state index in [9.17, 15) is 5.11 Å². The van der Waals surface area contributed by atoms with E-state index in [1.807, 2.05) is 48.6 Å². The molecule has 0 bridgehead atoms. The minimum atomic E-state index is 0.198. The smallest absolute Gasteiger partial charge is 0.141 e. The number of benzene rings is 4.